The number of unbranched alkanes of at least 4 members (excludes halogenated alkanes) is 1. The number of H-pyrrole nitrogens is 1. The molecule has 0 spiro atoms. The van der Waals surface area contributed by atoms with Gasteiger partial charge in [-0.05, 0) is 106 Å². The van der Waals surface area contributed by atoms with Gasteiger partial charge in [0.1, 0.15) is 5.82 Å². The molecule has 0 saturated carbocycles. The number of likely N-dealkylation sites (tertiary alicyclic amines) is 1. The van der Waals surface area contributed by atoms with E-state index in [0.29, 0.717) is 5.57 Å². The molecule has 190 valence electrons. The highest BCUT2D eigenvalue weighted by Crippen LogP contribution is 2.40. The predicted octanol–water partition coefficient (Wildman–Crippen LogP) is 7.46. The summed E-state index contributed by atoms with van der Waals surface area (Å²) in [7, 11) is 0. The zero-order valence-electron chi connectivity index (χ0n) is 21.8. The number of carbonyl (C=O) groups is 1. The van der Waals surface area contributed by atoms with Gasteiger partial charge in [0.25, 0.3) is 5.91 Å². The smallest absolute Gasteiger partial charge is 0.256 e. The highest BCUT2D eigenvalue weighted by Gasteiger charge is 2.27. The molecular weight excluding hydrogens is 449 g/mol. The molecule has 0 bridgehead atoms. The van der Waals surface area contributed by atoms with Crippen LogP contribution >= 0.6 is 0 Å². The number of aryl methyl sites for hydroxylation is 2. The molecule has 5 heteroatoms. The van der Waals surface area contributed by atoms with Crippen LogP contribution in [0, 0.1) is 12.7 Å². The summed E-state index contributed by atoms with van der Waals surface area (Å²) in [4.78, 5) is 18.7. The van der Waals surface area contributed by atoms with Gasteiger partial charge in [-0.2, -0.15) is 0 Å². The van der Waals surface area contributed by atoms with Crippen molar-refractivity contribution < 1.29 is 9.18 Å². The molecule has 2 aromatic carbocycles. The standard InChI is InChI=1S/C24H23FN2O.C7H15N/c1-3-4-10-21-15(2)12-18(26-21)14-20-23-19(16-7-5-8-17(25)13-16)9-6-11-22(23)27-24(20)28;1-2-5-8-6-3-4-7-8/h5-9,11-14,26H,3-4,10H2,1-2H3,(H,27,28);2-7H2,1H3/b20-14-;. The minimum Gasteiger partial charge on any atom is -0.359 e. The van der Waals surface area contributed by atoms with Crippen molar-refractivity contribution in [3.05, 3.63) is 76.9 Å². The van der Waals surface area contributed by atoms with Crippen molar-refractivity contribution in [3.8, 4) is 11.1 Å². The van der Waals surface area contributed by atoms with Crippen molar-refractivity contribution in [1.82, 2.24) is 9.88 Å². The number of nitrogens with one attached hydrogen (secondary N) is 2. The fourth-order valence-electron chi connectivity index (χ4n) is 5.08. The zero-order chi connectivity index (χ0) is 25.5. The highest BCUT2D eigenvalue weighted by atomic mass is 19.1. The lowest BCUT2D eigenvalue weighted by Gasteiger charge is -2.11. The van der Waals surface area contributed by atoms with Crippen LogP contribution in [0.4, 0.5) is 10.1 Å². The Labute approximate surface area is 214 Å². The maximum absolute atomic E-state index is 13.8. The SMILES string of the molecule is CCCCc1[nH]c(/C=C2\C(=O)Nc3cccc(-c4cccc(F)c4)c32)cc1C.CCCN1CCCC1. The number of hydrogen-bond acceptors (Lipinski definition) is 2. The lowest BCUT2D eigenvalue weighted by molar-refractivity contribution is -0.110. The predicted molar refractivity (Wildman–Crippen MR) is 148 cm³/mol. The summed E-state index contributed by atoms with van der Waals surface area (Å²) in [6, 6.07) is 14.2. The Morgan fingerprint density at radius 3 is 2.53 bits per heavy atom. The number of fused-ring (bicyclic) bond motifs is 1. The van der Waals surface area contributed by atoms with Crippen molar-refractivity contribution in [3.63, 3.8) is 0 Å². The molecule has 2 aliphatic rings. The Kier molecular flexibility index (Phi) is 8.76. The van der Waals surface area contributed by atoms with E-state index in [-0.39, 0.29) is 11.7 Å². The van der Waals surface area contributed by atoms with Gasteiger partial charge in [0.15, 0.2) is 0 Å². The van der Waals surface area contributed by atoms with Crippen LogP contribution in [0.15, 0.2) is 48.5 Å². The minimum atomic E-state index is -0.293. The molecule has 0 unspecified atom stereocenters. The third-order valence-corrected chi connectivity index (χ3v) is 6.92. The van der Waals surface area contributed by atoms with E-state index in [1.807, 2.05) is 30.3 Å². The molecule has 1 aromatic heterocycles. The number of benzene rings is 2. The van der Waals surface area contributed by atoms with E-state index < -0.39 is 0 Å². The van der Waals surface area contributed by atoms with Crippen LogP contribution in [0.2, 0.25) is 0 Å². The summed E-state index contributed by atoms with van der Waals surface area (Å²) in [5.41, 5.74) is 7.10. The van der Waals surface area contributed by atoms with E-state index in [1.165, 1.54) is 62.3 Å². The Morgan fingerprint density at radius 2 is 1.81 bits per heavy atom. The second-order valence-electron chi connectivity index (χ2n) is 9.79. The summed E-state index contributed by atoms with van der Waals surface area (Å²) >= 11 is 0. The van der Waals surface area contributed by atoms with Crippen LogP contribution in [0.5, 0.6) is 0 Å². The van der Waals surface area contributed by atoms with Gasteiger partial charge in [0.05, 0.1) is 5.57 Å². The van der Waals surface area contributed by atoms with Crippen molar-refractivity contribution in [2.75, 3.05) is 25.0 Å². The average Bonchev–Trinajstić information content (AvgIpc) is 3.58. The quantitative estimate of drug-likeness (QED) is 0.340. The Bertz CT molecular complexity index is 1220. The molecule has 0 atom stereocenters. The van der Waals surface area contributed by atoms with E-state index in [4.69, 9.17) is 0 Å². The van der Waals surface area contributed by atoms with Crippen LogP contribution in [0.3, 0.4) is 0 Å². The minimum absolute atomic E-state index is 0.138. The second kappa shape index (κ2) is 12.2. The number of amides is 1. The van der Waals surface area contributed by atoms with Crippen molar-refractivity contribution in [2.24, 2.45) is 0 Å². The highest BCUT2D eigenvalue weighted by molar-refractivity contribution is 6.36. The normalized spacial score (nSPS) is 16.1. The maximum Gasteiger partial charge on any atom is 0.256 e. The fraction of sp³-hybridized carbons (Fsp3) is 0.387. The monoisotopic (exact) mass is 487 g/mol. The number of anilines is 1. The van der Waals surface area contributed by atoms with E-state index in [2.05, 4.69) is 42.0 Å². The van der Waals surface area contributed by atoms with Crippen LogP contribution in [0.25, 0.3) is 22.8 Å². The van der Waals surface area contributed by atoms with Gasteiger partial charge in [0, 0.05) is 22.6 Å². The number of hydrogen-bond donors (Lipinski definition) is 2. The molecule has 0 aliphatic carbocycles. The molecule has 3 aromatic rings. The Hall–Kier alpha value is -3.18. The number of nitrogens with zero attached hydrogens (tertiary/aromatic N) is 1. The van der Waals surface area contributed by atoms with Gasteiger partial charge in [-0.15, -0.1) is 0 Å². The summed E-state index contributed by atoms with van der Waals surface area (Å²) in [6.45, 7) is 10.5. The number of rotatable bonds is 7. The molecule has 2 aliphatic heterocycles. The number of aromatic nitrogens is 1. The van der Waals surface area contributed by atoms with Crippen molar-refractivity contribution in [2.45, 2.75) is 59.3 Å². The first-order valence-corrected chi connectivity index (χ1v) is 13.3. The van der Waals surface area contributed by atoms with Crippen molar-refractivity contribution >= 4 is 23.2 Å². The van der Waals surface area contributed by atoms with Crippen LogP contribution in [-0.2, 0) is 11.2 Å². The van der Waals surface area contributed by atoms with E-state index in [9.17, 15) is 9.18 Å². The molecule has 1 amide bonds. The summed E-state index contributed by atoms with van der Waals surface area (Å²) in [5, 5.41) is 2.93. The molecule has 3 heterocycles. The topological polar surface area (TPSA) is 48.1 Å². The van der Waals surface area contributed by atoms with Gasteiger partial charge in [0.2, 0.25) is 0 Å². The summed E-state index contributed by atoms with van der Waals surface area (Å²) < 4.78 is 13.8. The first-order valence-electron chi connectivity index (χ1n) is 13.3. The van der Waals surface area contributed by atoms with Gasteiger partial charge < -0.3 is 15.2 Å². The second-order valence-corrected chi connectivity index (χ2v) is 9.79. The third-order valence-electron chi connectivity index (χ3n) is 6.92. The molecule has 4 nitrogen and oxygen atoms in total. The lowest BCUT2D eigenvalue weighted by Crippen LogP contribution is -2.19. The van der Waals surface area contributed by atoms with Gasteiger partial charge in [-0.3, -0.25) is 4.79 Å². The van der Waals surface area contributed by atoms with E-state index in [0.717, 1.165) is 47.3 Å². The lowest BCUT2D eigenvalue weighted by atomic mass is 9.94. The Balaban J connectivity index is 0.000000325. The van der Waals surface area contributed by atoms with E-state index in [1.54, 1.807) is 6.07 Å². The molecule has 0 radical (unpaired) electrons. The Morgan fingerprint density at radius 1 is 1.03 bits per heavy atom. The fourth-order valence-corrected chi connectivity index (χ4v) is 5.08. The number of halogens is 1. The van der Waals surface area contributed by atoms with Gasteiger partial charge >= 0.3 is 0 Å². The first-order chi connectivity index (χ1) is 17.5. The van der Waals surface area contributed by atoms with Crippen LogP contribution in [-0.4, -0.2) is 35.4 Å². The maximum atomic E-state index is 13.8. The number of aromatic amines is 1. The van der Waals surface area contributed by atoms with Crippen LogP contribution < -0.4 is 5.32 Å². The summed E-state index contributed by atoms with van der Waals surface area (Å²) in [5.74, 6) is -0.431. The number of carbonyl (C=O) groups excluding carboxylic acids is 1. The molecular formula is C31H38FN3O. The molecule has 2 N–H and O–H groups in total. The first kappa shape index (κ1) is 25.9. The zero-order valence-corrected chi connectivity index (χ0v) is 21.8. The van der Waals surface area contributed by atoms with E-state index >= 15 is 0 Å². The molecule has 36 heavy (non-hydrogen) atoms. The third kappa shape index (κ3) is 6.14. The summed E-state index contributed by atoms with van der Waals surface area (Å²) in [6.07, 6.45) is 9.35. The van der Waals surface area contributed by atoms with Crippen LogP contribution in [0.1, 0.15) is 68.5 Å². The van der Waals surface area contributed by atoms with Gasteiger partial charge in [-0.25, -0.2) is 4.39 Å². The molecule has 5 rings (SSSR count). The van der Waals surface area contributed by atoms with Gasteiger partial charge in [-0.1, -0.05) is 44.5 Å². The average molecular weight is 488 g/mol. The van der Waals surface area contributed by atoms with Crippen molar-refractivity contribution in [1.29, 1.82) is 0 Å². The molecule has 1 fully saturated rings. The largest absolute Gasteiger partial charge is 0.359 e. The molecule has 1 saturated heterocycles.